The maximum Gasteiger partial charge on any atom is 0.191 e. The molecule has 0 aromatic heterocycles. The van der Waals surface area contributed by atoms with Gasteiger partial charge in [-0.3, -0.25) is 4.99 Å². The van der Waals surface area contributed by atoms with Crippen LogP contribution in [0.1, 0.15) is 52.4 Å². The van der Waals surface area contributed by atoms with Crippen LogP contribution in [-0.2, 0) is 0 Å². The minimum absolute atomic E-state index is 0. The molecule has 7 heteroatoms. The second-order valence-electron chi connectivity index (χ2n) is 7.99. The molecule has 160 valence electrons. The van der Waals surface area contributed by atoms with Crippen molar-refractivity contribution in [2.75, 3.05) is 58.9 Å². The lowest BCUT2D eigenvalue weighted by atomic mass is 9.99. The summed E-state index contributed by atoms with van der Waals surface area (Å²) in [7, 11) is 0. The predicted octanol–water partition coefficient (Wildman–Crippen LogP) is 2.13. The Morgan fingerprint density at radius 2 is 1.56 bits per heavy atom. The van der Waals surface area contributed by atoms with Crippen molar-refractivity contribution in [2.24, 2.45) is 10.9 Å². The number of rotatable bonds is 9. The number of aliphatic imine (C=N–C) groups is 1. The Balaban J connectivity index is 0.00000364. The van der Waals surface area contributed by atoms with E-state index in [1.807, 2.05) is 0 Å². The molecule has 0 amide bonds. The molecule has 0 aliphatic carbocycles. The lowest BCUT2D eigenvalue weighted by Crippen LogP contribution is -2.40. The van der Waals surface area contributed by atoms with Crippen LogP contribution < -0.4 is 10.6 Å². The van der Waals surface area contributed by atoms with Gasteiger partial charge >= 0.3 is 0 Å². The lowest BCUT2D eigenvalue weighted by Gasteiger charge is -2.30. The molecule has 2 rings (SSSR count). The average molecular weight is 495 g/mol. The van der Waals surface area contributed by atoms with E-state index in [-0.39, 0.29) is 30.1 Å². The van der Waals surface area contributed by atoms with Gasteiger partial charge in [-0.1, -0.05) is 6.92 Å². The number of hydrogen-bond acceptors (Lipinski definition) is 4. The third kappa shape index (κ3) is 10.9. The summed E-state index contributed by atoms with van der Waals surface area (Å²) in [5.41, 5.74) is 0. The highest BCUT2D eigenvalue weighted by atomic mass is 127. The molecule has 2 aliphatic heterocycles. The van der Waals surface area contributed by atoms with Gasteiger partial charge in [-0.25, -0.2) is 0 Å². The molecule has 0 radical (unpaired) electrons. The van der Waals surface area contributed by atoms with Gasteiger partial charge in [0.2, 0.25) is 0 Å². The first-order valence-electron chi connectivity index (χ1n) is 10.8. The summed E-state index contributed by atoms with van der Waals surface area (Å²) >= 11 is 0. The number of aliphatic hydroxyl groups excluding tert-OH is 1. The van der Waals surface area contributed by atoms with Crippen molar-refractivity contribution in [3.8, 4) is 0 Å². The number of hydrogen-bond donors (Lipinski definition) is 3. The zero-order valence-electron chi connectivity index (χ0n) is 17.5. The molecule has 27 heavy (non-hydrogen) atoms. The smallest absolute Gasteiger partial charge is 0.191 e. The van der Waals surface area contributed by atoms with Crippen LogP contribution in [0.4, 0.5) is 0 Å². The van der Waals surface area contributed by atoms with Crippen molar-refractivity contribution in [3.05, 3.63) is 0 Å². The van der Waals surface area contributed by atoms with Crippen molar-refractivity contribution in [3.63, 3.8) is 0 Å². The van der Waals surface area contributed by atoms with Crippen LogP contribution in [-0.4, -0.2) is 85.9 Å². The Labute approximate surface area is 183 Å². The molecule has 0 aromatic rings. The minimum Gasteiger partial charge on any atom is -0.393 e. The molecular weight excluding hydrogens is 453 g/mol. The van der Waals surface area contributed by atoms with E-state index in [0.717, 1.165) is 70.4 Å². The van der Waals surface area contributed by atoms with E-state index in [2.05, 4.69) is 34.3 Å². The monoisotopic (exact) mass is 495 g/mol. The number of halogens is 1. The van der Waals surface area contributed by atoms with Gasteiger partial charge in [0.1, 0.15) is 0 Å². The maximum atomic E-state index is 9.56. The van der Waals surface area contributed by atoms with Gasteiger partial charge in [0.05, 0.1) is 6.10 Å². The zero-order valence-corrected chi connectivity index (χ0v) is 19.8. The summed E-state index contributed by atoms with van der Waals surface area (Å²) < 4.78 is 0. The minimum atomic E-state index is -0.0813. The van der Waals surface area contributed by atoms with Gasteiger partial charge in [-0.05, 0) is 77.5 Å². The van der Waals surface area contributed by atoms with E-state index in [1.165, 1.54) is 38.9 Å². The highest BCUT2D eigenvalue weighted by Crippen LogP contribution is 2.15. The van der Waals surface area contributed by atoms with Crippen LogP contribution in [0.5, 0.6) is 0 Å². The SMILES string of the molecule is CCNC(=NCCCN1CCC(O)CC1)NCCCN1CCC(C)CC1.I. The van der Waals surface area contributed by atoms with Gasteiger partial charge in [-0.15, -0.1) is 24.0 Å². The van der Waals surface area contributed by atoms with Crippen LogP contribution in [0.25, 0.3) is 0 Å². The first-order valence-corrected chi connectivity index (χ1v) is 10.8. The third-order valence-corrected chi connectivity index (χ3v) is 5.62. The Bertz CT molecular complexity index is 394. The summed E-state index contributed by atoms with van der Waals surface area (Å²) in [6.07, 6.45) is 6.73. The molecule has 0 unspecified atom stereocenters. The van der Waals surface area contributed by atoms with Gasteiger partial charge in [0.25, 0.3) is 0 Å². The number of likely N-dealkylation sites (tertiary alicyclic amines) is 2. The fraction of sp³-hybridized carbons (Fsp3) is 0.950. The molecule has 0 saturated carbocycles. The highest BCUT2D eigenvalue weighted by Gasteiger charge is 2.16. The Kier molecular flexibility index (Phi) is 13.7. The van der Waals surface area contributed by atoms with E-state index in [9.17, 15) is 5.11 Å². The number of nitrogens with one attached hydrogen (secondary N) is 2. The van der Waals surface area contributed by atoms with E-state index < -0.39 is 0 Å². The normalized spacial score (nSPS) is 21.1. The van der Waals surface area contributed by atoms with Crippen molar-refractivity contribution in [1.29, 1.82) is 0 Å². The highest BCUT2D eigenvalue weighted by molar-refractivity contribution is 14.0. The second kappa shape index (κ2) is 14.8. The third-order valence-electron chi connectivity index (χ3n) is 5.62. The molecule has 2 aliphatic rings. The summed E-state index contributed by atoms with van der Waals surface area (Å²) in [6, 6.07) is 0. The van der Waals surface area contributed by atoms with E-state index >= 15 is 0 Å². The molecule has 2 fully saturated rings. The molecule has 0 aromatic carbocycles. The van der Waals surface area contributed by atoms with Gasteiger partial charge in [-0.2, -0.15) is 0 Å². The summed E-state index contributed by atoms with van der Waals surface area (Å²) in [4.78, 5) is 9.76. The van der Waals surface area contributed by atoms with Crippen molar-refractivity contribution in [2.45, 2.75) is 58.5 Å². The van der Waals surface area contributed by atoms with E-state index in [1.54, 1.807) is 0 Å². The Morgan fingerprint density at radius 1 is 0.963 bits per heavy atom. The van der Waals surface area contributed by atoms with Crippen molar-refractivity contribution < 1.29 is 5.11 Å². The number of aliphatic hydroxyl groups is 1. The summed E-state index contributed by atoms with van der Waals surface area (Å²) in [5, 5.41) is 16.4. The Hall–Kier alpha value is -0.120. The van der Waals surface area contributed by atoms with E-state index in [0.29, 0.717) is 0 Å². The number of guanidine groups is 1. The molecule has 0 bridgehead atoms. The standard InChI is InChI=1S/C20H41N5O.HI/c1-3-21-20(22-10-4-12-24-14-6-18(2)7-15-24)23-11-5-13-25-16-8-19(26)9-17-25;/h18-19,26H,3-17H2,1-2H3,(H2,21,22,23);1H. The zero-order chi connectivity index (χ0) is 18.6. The molecule has 2 heterocycles. The first kappa shape index (κ1) is 24.9. The molecule has 6 nitrogen and oxygen atoms in total. The second-order valence-corrected chi connectivity index (χ2v) is 7.99. The fourth-order valence-corrected chi connectivity index (χ4v) is 3.76. The quantitative estimate of drug-likeness (QED) is 0.198. The maximum absolute atomic E-state index is 9.56. The van der Waals surface area contributed by atoms with Gasteiger partial charge < -0.3 is 25.5 Å². The molecule has 0 spiro atoms. The number of nitrogens with zero attached hydrogens (tertiary/aromatic N) is 3. The van der Waals surface area contributed by atoms with Crippen molar-refractivity contribution >= 4 is 29.9 Å². The molecule has 0 atom stereocenters. The fourth-order valence-electron chi connectivity index (χ4n) is 3.76. The molecule has 3 N–H and O–H groups in total. The van der Waals surface area contributed by atoms with Crippen LogP contribution in [0.3, 0.4) is 0 Å². The van der Waals surface area contributed by atoms with Crippen LogP contribution in [0.15, 0.2) is 4.99 Å². The van der Waals surface area contributed by atoms with E-state index in [4.69, 9.17) is 4.99 Å². The van der Waals surface area contributed by atoms with Crippen LogP contribution in [0.2, 0.25) is 0 Å². The van der Waals surface area contributed by atoms with Crippen LogP contribution >= 0.6 is 24.0 Å². The number of piperidine rings is 2. The topological polar surface area (TPSA) is 63.1 Å². The van der Waals surface area contributed by atoms with Crippen molar-refractivity contribution in [1.82, 2.24) is 20.4 Å². The van der Waals surface area contributed by atoms with Gasteiger partial charge in [0, 0.05) is 32.7 Å². The Morgan fingerprint density at radius 3 is 2.19 bits per heavy atom. The predicted molar refractivity (Wildman–Crippen MR) is 125 cm³/mol. The average Bonchev–Trinajstić information content (AvgIpc) is 2.65. The molecular formula is C20H42IN5O. The molecule has 2 saturated heterocycles. The lowest BCUT2D eigenvalue weighted by molar-refractivity contribution is 0.0824. The summed E-state index contributed by atoms with van der Waals surface area (Å²) in [6.45, 7) is 14.1. The summed E-state index contributed by atoms with van der Waals surface area (Å²) in [5.74, 6) is 1.86. The van der Waals surface area contributed by atoms with Gasteiger partial charge in [0.15, 0.2) is 5.96 Å². The van der Waals surface area contributed by atoms with Crippen LogP contribution in [0, 0.1) is 5.92 Å². The first-order chi connectivity index (χ1) is 12.7. The largest absolute Gasteiger partial charge is 0.393 e.